The van der Waals surface area contributed by atoms with Crippen molar-refractivity contribution in [3.05, 3.63) is 63.8 Å². The predicted molar refractivity (Wildman–Crippen MR) is 83.4 cm³/mol. The smallest absolute Gasteiger partial charge is 0.355 e. The van der Waals surface area contributed by atoms with Gasteiger partial charge in [0, 0.05) is 35.8 Å². The zero-order chi connectivity index (χ0) is 16.6. The maximum Gasteiger partial charge on any atom is 0.355 e. The van der Waals surface area contributed by atoms with Crippen LogP contribution in [0.3, 0.4) is 0 Å². The number of fused-ring (bicyclic) bond motifs is 1. The van der Waals surface area contributed by atoms with Crippen LogP contribution in [0.1, 0.15) is 21.6 Å². The zero-order valence-electron chi connectivity index (χ0n) is 12.7. The third kappa shape index (κ3) is 2.70. The van der Waals surface area contributed by atoms with Gasteiger partial charge < -0.3 is 18.8 Å². The highest BCUT2D eigenvalue weighted by Gasteiger charge is 2.14. The van der Waals surface area contributed by atoms with Gasteiger partial charge in [0.15, 0.2) is 0 Å². The number of ether oxygens (including phenoxy) is 1. The maximum absolute atomic E-state index is 12.1. The molecule has 2 aromatic heterocycles. The summed E-state index contributed by atoms with van der Waals surface area (Å²) in [6, 6.07) is 7.83. The number of phenols is 1. The molecule has 2 heterocycles. The van der Waals surface area contributed by atoms with Gasteiger partial charge in [0.1, 0.15) is 23.6 Å². The van der Waals surface area contributed by atoms with Gasteiger partial charge in [0.2, 0.25) is 0 Å². The lowest BCUT2D eigenvalue weighted by atomic mass is 10.1. The molecule has 3 aromatic rings. The Morgan fingerprint density at radius 2 is 2.13 bits per heavy atom. The number of carbonyl (C=O) groups excluding carboxylic acids is 1. The second kappa shape index (κ2) is 5.64. The monoisotopic (exact) mass is 313 g/mol. The average molecular weight is 313 g/mol. The van der Waals surface area contributed by atoms with E-state index in [0.29, 0.717) is 27.8 Å². The van der Waals surface area contributed by atoms with Crippen LogP contribution in [-0.4, -0.2) is 15.6 Å². The summed E-state index contributed by atoms with van der Waals surface area (Å²) in [5, 5.41) is 10.3. The molecule has 0 unspecified atom stereocenters. The normalized spacial score (nSPS) is 10.9. The fourth-order valence-corrected chi connectivity index (χ4v) is 2.43. The Hall–Kier alpha value is -3.02. The lowest BCUT2D eigenvalue weighted by Crippen LogP contribution is -2.11. The molecule has 1 N–H and O–H groups in total. The van der Waals surface area contributed by atoms with Crippen LogP contribution >= 0.6 is 0 Å². The molecule has 0 atom stereocenters. The van der Waals surface area contributed by atoms with Crippen LogP contribution in [0.2, 0.25) is 0 Å². The van der Waals surface area contributed by atoms with Crippen LogP contribution in [0, 0.1) is 6.92 Å². The Morgan fingerprint density at radius 1 is 1.35 bits per heavy atom. The summed E-state index contributed by atoms with van der Waals surface area (Å²) in [6.45, 7) is 1.59. The molecule has 0 saturated carbocycles. The van der Waals surface area contributed by atoms with Crippen LogP contribution < -0.4 is 5.63 Å². The molecule has 0 aliphatic heterocycles. The molecule has 3 rings (SSSR count). The first-order valence-electron chi connectivity index (χ1n) is 7.01. The van der Waals surface area contributed by atoms with E-state index >= 15 is 0 Å². The van der Waals surface area contributed by atoms with E-state index in [1.165, 1.54) is 12.1 Å². The van der Waals surface area contributed by atoms with Gasteiger partial charge in [-0.15, -0.1) is 0 Å². The molecule has 0 aliphatic rings. The second-order valence-corrected chi connectivity index (χ2v) is 5.26. The first-order chi connectivity index (χ1) is 11.0. The largest absolute Gasteiger partial charge is 0.508 e. The SMILES string of the molecule is Cc1c(O)ccc2c(COC(=O)c3cccn3C)cc(=O)oc12. The number of phenolic OH excluding ortho intramolecular Hbond substituents is 1. The number of aromatic hydroxyl groups is 1. The van der Waals surface area contributed by atoms with E-state index in [4.69, 9.17) is 9.15 Å². The summed E-state index contributed by atoms with van der Waals surface area (Å²) < 4.78 is 12.1. The van der Waals surface area contributed by atoms with Gasteiger partial charge in [0.25, 0.3) is 0 Å². The van der Waals surface area contributed by atoms with E-state index in [1.807, 2.05) is 0 Å². The van der Waals surface area contributed by atoms with Gasteiger partial charge in [-0.05, 0) is 31.2 Å². The van der Waals surface area contributed by atoms with Crippen molar-refractivity contribution < 1.29 is 19.1 Å². The molecule has 1 aromatic carbocycles. The number of hydrogen-bond donors (Lipinski definition) is 1. The summed E-state index contributed by atoms with van der Waals surface area (Å²) in [6.07, 6.45) is 1.75. The summed E-state index contributed by atoms with van der Waals surface area (Å²) in [5.74, 6) is -0.437. The molecule has 0 saturated heterocycles. The quantitative estimate of drug-likeness (QED) is 0.593. The molecule has 0 fully saturated rings. The Kier molecular flexibility index (Phi) is 3.65. The number of aromatic nitrogens is 1. The van der Waals surface area contributed by atoms with E-state index in [1.54, 1.807) is 42.9 Å². The van der Waals surface area contributed by atoms with Crippen molar-refractivity contribution in [3.8, 4) is 5.75 Å². The van der Waals surface area contributed by atoms with Crippen LogP contribution in [0.5, 0.6) is 5.75 Å². The standard InChI is InChI=1S/C17H15NO5/c1-10-14(19)6-5-12-11(8-15(20)23-16(10)12)9-22-17(21)13-4-3-7-18(13)2/h3-8,19H,9H2,1-2H3. The van der Waals surface area contributed by atoms with E-state index < -0.39 is 11.6 Å². The molecule has 0 bridgehead atoms. The van der Waals surface area contributed by atoms with Crippen molar-refractivity contribution in [1.82, 2.24) is 4.57 Å². The highest BCUT2D eigenvalue weighted by molar-refractivity contribution is 5.88. The van der Waals surface area contributed by atoms with Crippen molar-refractivity contribution in [3.63, 3.8) is 0 Å². The minimum Gasteiger partial charge on any atom is -0.508 e. The molecule has 118 valence electrons. The fourth-order valence-electron chi connectivity index (χ4n) is 2.43. The summed E-state index contributed by atoms with van der Waals surface area (Å²) in [7, 11) is 1.75. The first kappa shape index (κ1) is 14.9. The lowest BCUT2D eigenvalue weighted by Gasteiger charge is -2.09. The molecule has 0 spiro atoms. The average Bonchev–Trinajstić information content (AvgIpc) is 2.95. The molecular formula is C17H15NO5. The van der Waals surface area contributed by atoms with Gasteiger partial charge in [-0.25, -0.2) is 9.59 Å². The Labute approximate surface area is 131 Å². The second-order valence-electron chi connectivity index (χ2n) is 5.26. The zero-order valence-corrected chi connectivity index (χ0v) is 12.7. The molecular weight excluding hydrogens is 298 g/mol. The maximum atomic E-state index is 12.1. The Balaban J connectivity index is 1.94. The lowest BCUT2D eigenvalue weighted by molar-refractivity contribution is 0.0462. The van der Waals surface area contributed by atoms with Crippen LogP contribution in [0.15, 0.2) is 45.7 Å². The number of nitrogens with zero attached hydrogens (tertiary/aromatic N) is 1. The molecule has 0 amide bonds. The van der Waals surface area contributed by atoms with Crippen molar-refractivity contribution in [1.29, 1.82) is 0 Å². The molecule has 23 heavy (non-hydrogen) atoms. The highest BCUT2D eigenvalue weighted by atomic mass is 16.5. The number of rotatable bonds is 3. The van der Waals surface area contributed by atoms with E-state index in [9.17, 15) is 14.7 Å². The number of hydrogen-bond acceptors (Lipinski definition) is 5. The molecule has 0 aliphatic carbocycles. The minimum absolute atomic E-state index is 0.0404. The first-order valence-corrected chi connectivity index (χ1v) is 7.01. The Morgan fingerprint density at radius 3 is 2.83 bits per heavy atom. The highest BCUT2D eigenvalue weighted by Crippen LogP contribution is 2.27. The van der Waals surface area contributed by atoms with Gasteiger partial charge in [-0.3, -0.25) is 0 Å². The van der Waals surface area contributed by atoms with Crippen LogP contribution in [0.25, 0.3) is 11.0 Å². The van der Waals surface area contributed by atoms with Crippen LogP contribution in [-0.2, 0) is 18.4 Å². The van der Waals surface area contributed by atoms with Gasteiger partial charge in [-0.1, -0.05) is 0 Å². The van der Waals surface area contributed by atoms with Gasteiger partial charge >= 0.3 is 11.6 Å². The minimum atomic E-state index is -0.559. The number of esters is 1. The van der Waals surface area contributed by atoms with Gasteiger partial charge in [0.05, 0.1) is 0 Å². The predicted octanol–water partition coefficient (Wildman–Crippen LogP) is 2.50. The summed E-state index contributed by atoms with van der Waals surface area (Å²) in [5.41, 5.74) is 1.15. The van der Waals surface area contributed by atoms with E-state index in [-0.39, 0.29) is 12.4 Å². The van der Waals surface area contributed by atoms with Crippen molar-refractivity contribution >= 4 is 16.9 Å². The number of aryl methyl sites for hydroxylation is 2. The number of benzene rings is 1. The number of carbonyl (C=O) groups is 1. The molecule has 6 heteroatoms. The van der Waals surface area contributed by atoms with Crippen molar-refractivity contribution in [2.75, 3.05) is 0 Å². The third-order valence-electron chi connectivity index (χ3n) is 3.73. The van der Waals surface area contributed by atoms with E-state index in [2.05, 4.69) is 0 Å². The fraction of sp³-hybridized carbons (Fsp3) is 0.176. The van der Waals surface area contributed by atoms with Crippen LogP contribution in [0.4, 0.5) is 0 Å². The van der Waals surface area contributed by atoms with Crippen molar-refractivity contribution in [2.24, 2.45) is 7.05 Å². The molecule has 0 radical (unpaired) electrons. The summed E-state index contributed by atoms with van der Waals surface area (Å²) in [4.78, 5) is 23.8. The topological polar surface area (TPSA) is 81.7 Å². The van der Waals surface area contributed by atoms with Gasteiger partial charge in [-0.2, -0.15) is 0 Å². The van der Waals surface area contributed by atoms with E-state index in [0.717, 1.165) is 0 Å². The van der Waals surface area contributed by atoms with Crippen molar-refractivity contribution in [2.45, 2.75) is 13.5 Å². The molecule has 6 nitrogen and oxygen atoms in total. The third-order valence-corrected chi connectivity index (χ3v) is 3.73. The summed E-state index contributed by atoms with van der Waals surface area (Å²) >= 11 is 0. The Bertz CT molecular complexity index is 951.